The number of ether oxygens (including phenoxy) is 2. The van der Waals surface area contributed by atoms with Crippen LogP contribution in [0.25, 0.3) is 23.0 Å². The SMILES string of the molecule is COc1ccc(Cl)cc1-c1nc(-c2nnn3c2COC(c2ccc(C)cc2)C3)no1. The zero-order valence-corrected chi connectivity index (χ0v) is 17.1. The summed E-state index contributed by atoms with van der Waals surface area (Å²) in [7, 11) is 1.57. The maximum absolute atomic E-state index is 6.11. The third kappa shape index (κ3) is 3.34. The van der Waals surface area contributed by atoms with E-state index < -0.39 is 0 Å². The summed E-state index contributed by atoms with van der Waals surface area (Å²) in [5.41, 5.74) is 4.28. The summed E-state index contributed by atoms with van der Waals surface area (Å²) in [5, 5.41) is 13.2. The molecule has 2 aromatic heterocycles. The zero-order valence-electron chi connectivity index (χ0n) is 16.4. The van der Waals surface area contributed by atoms with Crippen LogP contribution in [0.5, 0.6) is 5.75 Å². The molecule has 1 atom stereocenters. The molecule has 1 aliphatic rings. The van der Waals surface area contributed by atoms with E-state index in [0.717, 1.165) is 11.3 Å². The minimum atomic E-state index is -0.0794. The van der Waals surface area contributed by atoms with Crippen LogP contribution in [0.3, 0.4) is 0 Å². The Morgan fingerprint density at radius 1 is 1.17 bits per heavy atom. The molecule has 0 saturated heterocycles. The Hall–Kier alpha value is -3.23. The molecule has 0 bridgehead atoms. The van der Waals surface area contributed by atoms with Crippen LogP contribution in [-0.4, -0.2) is 32.2 Å². The lowest BCUT2D eigenvalue weighted by atomic mass is 10.1. The van der Waals surface area contributed by atoms with E-state index in [2.05, 4.69) is 51.6 Å². The zero-order chi connectivity index (χ0) is 20.7. The van der Waals surface area contributed by atoms with Crippen molar-refractivity contribution >= 4 is 11.6 Å². The van der Waals surface area contributed by atoms with Gasteiger partial charge in [-0.05, 0) is 30.7 Å². The maximum atomic E-state index is 6.11. The monoisotopic (exact) mass is 423 g/mol. The second kappa shape index (κ2) is 7.55. The molecule has 3 heterocycles. The number of halogens is 1. The first-order valence-corrected chi connectivity index (χ1v) is 9.78. The second-order valence-electron chi connectivity index (χ2n) is 7.04. The standard InChI is InChI=1S/C21H18ClN5O3/c1-12-3-5-13(6-4-12)18-10-27-16(11-29-18)19(24-26-27)20-23-21(30-25-20)15-9-14(22)7-8-17(15)28-2/h3-9,18H,10-11H2,1-2H3. The molecule has 30 heavy (non-hydrogen) atoms. The molecule has 0 N–H and O–H groups in total. The molecule has 0 radical (unpaired) electrons. The van der Waals surface area contributed by atoms with Crippen LogP contribution in [-0.2, 0) is 17.9 Å². The van der Waals surface area contributed by atoms with Gasteiger partial charge in [-0.15, -0.1) is 5.10 Å². The van der Waals surface area contributed by atoms with Crippen molar-refractivity contribution in [1.29, 1.82) is 0 Å². The van der Waals surface area contributed by atoms with E-state index in [-0.39, 0.29) is 6.10 Å². The summed E-state index contributed by atoms with van der Waals surface area (Å²) in [6.07, 6.45) is -0.0794. The molecule has 1 unspecified atom stereocenters. The van der Waals surface area contributed by atoms with Gasteiger partial charge < -0.3 is 14.0 Å². The number of nitrogens with zero attached hydrogens (tertiary/aromatic N) is 5. The largest absolute Gasteiger partial charge is 0.496 e. The van der Waals surface area contributed by atoms with Crippen molar-refractivity contribution in [3.05, 3.63) is 64.3 Å². The Labute approximate surface area is 177 Å². The molecule has 2 aromatic carbocycles. The van der Waals surface area contributed by atoms with Crippen molar-refractivity contribution in [2.75, 3.05) is 7.11 Å². The average Bonchev–Trinajstić information content (AvgIpc) is 3.41. The molecular formula is C21H18ClN5O3. The predicted octanol–water partition coefficient (Wildman–Crippen LogP) is 4.24. The van der Waals surface area contributed by atoms with Crippen molar-refractivity contribution in [2.45, 2.75) is 26.2 Å². The first-order valence-electron chi connectivity index (χ1n) is 9.41. The van der Waals surface area contributed by atoms with Gasteiger partial charge in [-0.25, -0.2) is 4.68 Å². The lowest BCUT2D eigenvalue weighted by Gasteiger charge is -2.24. The van der Waals surface area contributed by atoms with Gasteiger partial charge in [0.05, 0.1) is 31.5 Å². The molecule has 8 nitrogen and oxygen atoms in total. The number of hydrogen-bond donors (Lipinski definition) is 0. The highest BCUT2D eigenvalue weighted by atomic mass is 35.5. The molecule has 5 rings (SSSR count). The van der Waals surface area contributed by atoms with E-state index in [0.29, 0.717) is 46.9 Å². The Morgan fingerprint density at radius 2 is 2.00 bits per heavy atom. The summed E-state index contributed by atoms with van der Waals surface area (Å²) in [5.74, 6) is 1.22. The highest BCUT2D eigenvalue weighted by molar-refractivity contribution is 6.30. The highest BCUT2D eigenvalue weighted by Gasteiger charge is 2.28. The van der Waals surface area contributed by atoms with Gasteiger partial charge >= 0.3 is 0 Å². The Bertz CT molecular complexity index is 1200. The number of methoxy groups -OCH3 is 1. The van der Waals surface area contributed by atoms with Crippen LogP contribution >= 0.6 is 11.6 Å². The van der Waals surface area contributed by atoms with Gasteiger partial charge in [0.25, 0.3) is 5.89 Å². The number of benzene rings is 2. The minimum Gasteiger partial charge on any atom is -0.496 e. The predicted molar refractivity (Wildman–Crippen MR) is 109 cm³/mol. The Kier molecular flexibility index (Phi) is 4.72. The summed E-state index contributed by atoms with van der Waals surface area (Å²) >= 11 is 6.11. The fourth-order valence-corrected chi connectivity index (χ4v) is 3.62. The molecule has 0 saturated carbocycles. The fraction of sp³-hybridized carbons (Fsp3) is 0.238. The third-order valence-electron chi connectivity index (χ3n) is 5.08. The molecular weight excluding hydrogens is 406 g/mol. The van der Waals surface area contributed by atoms with Crippen molar-refractivity contribution in [1.82, 2.24) is 25.1 Å². The molecule has 1 aliphatic heterocycles. The first kappa shape index (κ1) is 18.8. The second-order valence-corrected chi connectivity index (χ2v) is 7.48. The van der Waals surface area contributed by atoms with E-state index in [1.165, 1.54) is 5.56 Å². The van der Waals surface area contributed by atoms with E-state index >= 15 is 0 Å². The number of fused-ring (bicyclic) bond motifs is 1. The van der Waals surface area contributed by atoms with Crippen LogP contribution < -0.4 is 4.74 Å². The number of rotatable bonds is 4. The van der Waals surface area contributed by atoms with Gasteiger partial charge in [0.1, 0.15) is 11.9 Å². The van der Waals surface area contributed by atoms with Crippen molar-refractivity contribution in [2.24, 2.45) is 0 Å². The lowest BCUT2D eigenvalue weighted by molar-refractivity contribution is -0.00112. The first-order chi connectivity index (χ1) is 14.6. The van der Waals surface area contributed by atoms with Gasteiger partial charge in [-0.2, -0.15) is 4.98 Å². The summed E-state index contributed by atoms with van der Waals surface area (Å²) in [6, 6.07) is 13.5. The minimum absolute atomic E-state index is 0.0794. The maximum Gasteiger partial charge on any atom is 0.262 e. The Balaban J connectivity index is 1.43. The van der Waals surface area contributed by atoms with Gasteiger partial charge in [-0.1, -0.05) is 51.8 Å². The molecule has 9 heteroatoms. The topological polar surface area (TPSA) is 88.1 Å². The number of hydrogen-bond acceptors (Lipinski definition) is 7. The third-order valence-corrected chi connectivity index (χ3v) is 5.31. The van der Waals surface area contributed by atoms with Crippen LogP contribution in [0, 0.1) is 6.92 Å². The molecule has 0 amide bonds. The van der Waals surface area contributed by atoms with E-state index in [4.69, 9.17) is 25.6 Å². The van der Waals surface area contributed by atoms with Crippen LogP contribution in [0.15, 0.2) is 47.0 Å². The fourth-order valence-electron chi connectivity index (χ4n) is 3.44. The van der Waals surface area contributed by atoms with Crippen molar-refractivity contribution < 1.29 is 14.0 Å². The van der Waals surface area contributed by atoms with Crippen molar-refractivity contribution in [3.63, 3.8) is 0 Å². The smallest absolute Gasteiger partial charge is 0.262 e. The van der Waals surface area contributed by atoms with Crippen LogP contribution in [0.2, 0.25) is 5.02 Å². The van der Waals surface area contributed by atoms with Crippen LogP contribution in [0.1, 0.15) is 22.9 Å². The van der Waals surface area contributed by atoms with E-state index in [1.807, 2.05) is 4.68 Å². The molecule has 4 aromatic rings. The van der Waals surface area contributed by atoms with E-state index in [9.17, 15) is 0 Å². The molecule has 0 aliphatic carbocycles. The van der Waals surface area contributed by atoms with Gasteiger partial charge in [0.15, 0.2) is 5.69 Å². The van der Waals surface area contributed by atoms with Crippen LogP contribution in [0.4, 0.5) is 0 Å². The molecule has 0 fully saturated rings. The van der Waals surface area contributed by atoms with Gasteiger partial charge in [0, 0.05) is 5.02 Å². The Morgan fingerprint density at radius 3 is 2.80 bits per heavy atom. The summed E-state index contributed by atoms with van der Waals surface area (Å²) in [4.78, 5) is 4.48. The van der Waals surface area contributed by atoms with Crippen molar-refractivity contribution in [3.8, 4) is 28.7 Å². The molecule has 152 valence electrons. The summed E-state index contributed by atoms with van der Waals surface area (Å²) < 4.78 is 18.7. The quantitative estimate of drug-likeness (QED) is 0.485. The normalized spacial score (nSPS) is 15.8. The van der Waals surface area contributed by atoms with Gasteiger partial charge in [0.2, 0.25) is 5.82 Å². The number of aromatic nitrogens is 5. The van der Waals surface area contributed by atoms with E-state index in [1.54, 1.807) is 25.3 Å². The average molecular weight is 424 g/mol. The van der Waals surface area contributed by atoms with Gasteiger partial charge in [-0.3, -0.25) is 0 Å². The summed E-state index contributed by atoms with van der Waals surface area (Å²) in [6.45, 7) is 2.98. The lowest BCUT2D eigenvalue weighted by Crippen LogP contribution is -2.22. The number of aryl methyl sites for hydroxylation is 1. The molecule has 0 spiro atoms. The highest BCUT2D eigenvalue weighted by Crippen LogP contribution is 2.34.